The molecule has 0 aliphatic carbocycles. The minimum Gasteiger partial charge on any atom is -0.487 e. The predicted molar refractivity (Wildman–Crippen MR) is 340 cm³/mol. The molecule has 4 aromatic rings. The number of nitrogens with one attached hydrogen (secondary N) is 2. The second kappa shape index (κ2) is 35.3. The largest absolute Gasteiger partial charge is 0.487 e. The number of thiol groups is 4. The molecule has 0 saturated carbocycles. The van der Waals surface area contributed by atoms with Crippen molar-refractivity contribution in [2.24, 2.45) is 23.7 Å². The fourth-order valence-corrected chi connectivity index (χ4v) is 11.3. The minimum absolute atomic E-state index is 0.0170. The second-order valence-corrected chi connectivity index (χ2v) is 25.6. The van der Waals surface area contributed by atoms with Gasteiger partial charge in [0.2, 0.25) is 11.8 Å². The molecule has 12 nitrogen and oxygen atoms in total. The lowest BCUT2D eigenvalue weighted by molar-refractivity contribution is -0.142. The maximum absolute atomic E-state index is 16.6. The van der Waals surface area contributed by atoms with Gasteiger partial charge in [-0.05, 0) is 154 Å². The molecule has 0 aliphatic heterocycles. The van der Waals surface area contributed by atoms with Gasteiger partial charge in [0, 0.05) is 38.4 Å². The Bertz CT molecular complexity index is 2530. The van der Waals surface area contributed by atoms with Crippen LogP contribution in [0, 0.1) is 29.6 Å². The van der Waals surface area contributed by atoms with Gasteiger partial charge in [-0.1, -0.05) is 110 Å². The van der Waals surface area contributed by atoms with Crippen LogP contribution in [0.5, 0.6) is 5.75 Å². The Morgan fingerprint density at radius 2 is 1.15 bits per heavy atom. The van der Waals surface area contributed by atoms with Crippen molar-refractivity contribution >= 4 is 73.9 Å². The van der Waals surface area contributed by atoms with Crippen LogP contribution in [0.1, 0.15) is 138 Å². The molecule has 13 atom stereocenters. The van der Waals surface area contributed by atoms with Crippen molar-refractivity contribution in [3.8, 4) is 5.75 Å². The maximum Gasteiger partial charge on any atom is 0.240 e. The highest BCUT2D eigenvalue weighted by Gasteiger charge is 2.49. The molecule has 80 heavy (non-hydrogen) atoms. The van der Waals surface area contributed by atoms with Crippen LogP contribution in [0.15, 0.2) is 103 Å². The number of aromatic nitrogens is 2. The van der Waals surface area contributed by atoms with E-state index < -0.39 is 76.5 Å². The molecule has 4 rings (SSSR count). The summed E-state index contributed by atoms with van der Waals surface area (Å²) in [7, 11) is 6.56. The van der Waals surface area contributed by atoms with Crippen molar-refractivity contribution in [3.05, 3.63) is 132 Å². The number of hydrogen-bond acceptors (Lipinski definition) is 14. The first-order valence-corrected chi connectivity index (χ1v) is 30.6. The van der Waals surface area contributed by atoms with Gasteiger partial charge in [-0.15, -0.1) is 0 Å². The summed E-state index contributed by atoms with van der Waals surface area (Å²) in [4.78, 5) is 74.6. The summed E-state index contributed by atoms with van der Waals surface area (Å²) < 4.78 is 33.8. The number of Topliss-reactive ketones (excluding diaryl/α,β-unsaturated/α-hetero) is 2. The molecule has 2 N–H and O–H groups in total. The van der Waals surface area contributed by atoms with Gasteiger partial charge < -0.3 is 29.9 Å². The number of ether oxygens (including phenoxy) is 2. The van der Waals surface area contributed by atoms with Gasteiger partial charge in [0.25, 0.3) is 0 Å². The SMILES string of the molecule is [2H]C(C(C)CCC(C)S)[C@@]([2H])(C(=O)C(c1ccccc1)C(S)C(OCc1ccccn1)[C](C(=O)[C@H](CC(C)CCC(C)S)N(C)C(=O)[C@H](CC(C)C)NC)C(S)Cc1ccc(OCc2ccccn2)cc1)N(C)C(=O)[C@H](CC(C)C)NC. The number of carbonyl (C=O) groups is 4. The van der Waals surface area contributed by atoms with Crippen molar-refractivity contribution in [2.75, 3.05) is 28.2 Å². The highest BCUT2D eigenvalue weighted by molar-refractivity contribution is 7.81. The number of nitrogens with zero attached hydrogens (tertiary/aromatic N) is 4. The predicted octanol–water partition coefficient (Wildman–Crippen LogP) is 11.4. The average Bonchev–Trinajstić information content (AvgIpc) is 3.66. The van der Waals surface area contributed by atoms with E-state index in [1.54, 1.807) is 74.8 Å². The number of ketones is 2. The Morgan fingerprint density at radius 3 is 1.65 bits per heavy atom. The van der Waals surface area contributed by atoms with E-state index >= 15 is 9.59 Å². The van der Waals surface area contributed by atoms with Crippen molar-refractivity contribution in [2.45, 2.75) is 184 Å². The van der Waals surface area contributed by atoms with E-state index in [2.05, 4.69) is 40.2 Å². The quantitative estimate of drug-likeness (QED) is 0.0242. The van der Waals surface area contributed by atoms with Gasteiger partial charge in [-0.2, -0.15) is 50.5 Å². The van der Waals surface area contributed by atoms with E-state index in [9.17, 15) is 12.3 Å². The molecular formula is C64H95N6O6S4. The number of rotatable bonds is 37. The van der Waals surface area contributed by atoms with Gasteiger partial charge in [0.05, 0.1) is 61.4 Å². The summed E-state index contributed by atoms with van der Waals surface area (Å²) in [5.41, 5.74) is 2.56. The molecule has 0 fully saturated rings. The standard InChI is InChI=1S/C64H95N6O6S4/c1-41(2)34-52(65-9)63(73)69(11)54(36-43(5)24-26-45(7)77)59(71)57(48-20-14-13-15-21-48)62(80)61(76-40-50-23-17-19-33-68-50)58(56(79)38-47-28-30-51(31-29-47)75-39-49-22-16-18-32-67-49)60(72)55(37-44(6)25-27-46(8)78)70(12)64(74)53(66-10)35-42(3)4/h13-23,28-33,41-46,52-57,61-62,65-66,77-80H,24-27,34-40H2,1-12H3/t43?,44?,45?,46?,52-,53-,54-,55-,56?,57?,61?,62?/m0/s1/i36D,54D/t36?,43?,44?,45?,46?,52-,53-,54-,55-,56?,57?,61?,62?. The minimum atomic E-state index is -2.51. The van der Waals surface area contributed by atoms with Gasteiger partial charge in [-0.25, -0.2) is 0 Å². The summed E-state index contributed by atoms with van der Waals surface area (Å²) in [6.07, 6.45) is 4.55. The Morgan fingerprint density at radius 1 is 0.637 bits per heavy atom. The highest BCUT2D eigenvalue weighted by Crippen LogP contribution is 2.40. The van der Waals surface area contributed by atoms with Crippen LogP contribution >= 0.6 is 50.5 Å². The summed E-state index contributed by atoms with van der Waals surface area (Å²) in [5.74, 6) is -2.89. The smallest absolute Gasteiger partial charge is 0.240 e. The Balaban J connectivity index is 2.07. The number of amides is 2. The monoisotopic (exact) mass is 1170 g/mol. The Hall–Kier alpha value is -3.90. The number of likely N-dealkylation sites (N-methyl/N-ethyl adjacent to an activating group) is 4. The molecule has 2 heterocycles. The zero-order valence-corrected chi connectivity index (χ0v) is 53.1. The third kappa shape index (κ3) is 22.0. The molecule has 2 aromatic heterocycles. The molecule has 0 saturated heterocycles. The summed E-state index contributed by atoms with van der Waals surface area (Å²) >= 11 is 20.2. The maximum atomic E-state index is 16.6. The molecular weight excluding hydrogens is 1080 g/mol. The Kier molecular flexibility index (Phi) is 28.8. The normalized spacial score (nSPS) is 17.5. The fourth-order valence-electron chi connectivity index (χ4n) is 9.97. The van der Waals surface area contributed by atoms with Crippen LogP contribution in [-0.2, 0) is 43.5 Å². The first-order valence-electron chi connectivity index (χ1n) is 29.6. The molecule has 16 heteroatoms. The topological polar surface area (TPSA) is 143 Å². The van der Waals surface area contributed by atoms with Crippen LogP contribution in [0.4, 0.5) is 0 Å². The summed E-state index contributed by atoms with van der Waals surface area (Å²) in [6, 6.07) is 22.6. The lowest BCUT2D eigenvalue weighted by atomic mass is 9.76. The number of benzene rings is 2. The van der Waals surface area contributed by atoms with Gasteiger partial charge in [0.15, 0.2) is 11.6 Å². The van der Waals surface area contributed by atoms with Crippen LogP contribution in [0.2, 0.25) is 0 Å². The van der Waals surface area contributed by atoms with Crippen LogP contribution in [0.25, 0.3) is 0 Å². The van der Waals surface area contributed by atoms with Gasteiger partial charge in [-0.3, -0.25) is 29.1 Å². The lowest BCUT2D eigenvalue weighted by Crippen LogP contribution is -2.56. The van der Waals surface area contributed by atoms with E-state index in [0.29, 0.717) is 42.7 Å². The molecule has 2 amide bonds. The zero-order valence-electron chi connectivity index (χ0n) is 51.5. The number of pyridine rings is 2. The van der Waals surface area contributed by atoms with E-state index in [4.69, 9.17) is 47.4 Å². The average molecular weight is 1170 g/mol. The van der Waals surface area contributed by atoms with Crippen molar-refractivity contribution < 1.29 is 31.4 Å². The van der Waals surface area contributed by atoms with Crippen LogP contribution in [0.3, 0.4) is 0 Å². The van der Waals surface area contributed by atoms with Gasteiger partial charge in [0.1, 0.15) is 12.4 Å². The zero-order chi connectivity index (χ0) is 60.8. The van der Waals surface area contributed by atoms with E-state index in [0.717, 1.165) is 29.0 Å². The third-order valence-electron chi connectivity index (χ3n) is 14.6. The first-order chi connectivity index (χ1) is 38.8. The molecule has 441 valence electrons. The van der Waals surface area contributed by atoms with Crippen LogP contribution in [-0.4, -0.2) is 123 Å². The van der Waals surface area contributed by atoms with Crippen LogP contribution < -0.4 is 15.4 Å². The second-order valence-electron chi connectivity index (χ2n) is 22.6. The van der Waals surface area contributed by atoms with E-state index in [1.165, 1.54) is 7.05 Å². The molecule has 0 spiro atoms. The fraction of sp³-hybridized carbons (Fsp3) is 0.578. The van der Waals surface area contributed by atoms with E-state index in [-0.39, 0.29) is 66.1 Å². The number of carbonyl (C=O) groups excluding carboxylic acids is 4. The molecule has 1 radical (unpaired) electrons. The lowest BCUT2D eigenvalue weighted by Gasteiger charge is -2.41. The summed E-state index contributed by atoms with van der Waals surface area (Å²) in [5, 5.41) is 4.24. The highest BCUT2D eigenvalue weighted by atomic mass is 32.1. The molecule has 2 aromatic carbocycles. The molecule has 9 unspecified atom stereocenters. The molecule has 0 bridgehead atoms. The molecule has 0 aliphatic rings. The summed E-state index contributed by atoms with van der Waals surface area (Å²) in [6.45, 7) is 16.1. The number of hydrogen-bond donors (Lipinski definition) is 6. The first kappa shape index (κ1) is 65.3. The van der Waals surface area contributed by atoms with E-state index in [1.807, 2.05) is 103 Å². The van der Waals surface area contributed by atoms with Crippen molar-refractivity contribution in [1.82, 2.24) is 30.4 Å². The van der Waals surface area contributed by atoms with Crippen molar-refractivity contribution in [1.29, 1.82) is 0 Å². The van der Waals surface area contributed by atoms with Gasteiger partial charge >= 0.3 is 0 Å². The van der Waals surface area contributed by atoms with Crippen molar-refractivity contribution in [3.63, 3.8) is 0 Å². The third-order valence-corrected chi connectivity index (χ3v) is 16.1. The Labute approximate surface area is 505 Å².